The highest BCUT2D eigenvalue weighted by Gasteiger charge is 2.59. The van der Waals surface area contributed by atoms with Crippen LogP contribution in [0.15, 0.2) is 28.8 Å². The van der Waals surface area contributed by atoms with Gasteiger partial charge in [-0.15, -0.1) is 0 Å². The van der Waals surface area contributed by atoms with E-state index in [1.807, 2.05) is 0 Å². The summed E-state index contributed by atoms with van der Waals surface area (Å²) >= 11 is 16.2. The van der Waals surface area contributed by atoms with Gasteiger partial charge in [0.2, 0.25) is 0 Å². The fraction of sp³-hybridized carbons (Fsp3) is 0.333. The van der Waals surface area contributed by atoms with E-state index in [0.717, 1.165) is 18.2 Å². The van der Waals surface area contributed by atoms with Crippen molar-refractivity contribution >= 4 is 34.8 Å². The summed E-state index contributed by atoms with van der Waals surface area (Å²) in [6.07, 6.45) is -14.2. The van der Waals surface area contributed by atoms with Crippen molar-refractivity contribution in [3.8, 4) is 11.5 Å². The third-order valence-electron chi connectivity index (χ3n) is 2.22. The van der Waals surface area contributed by atoms with Crippen LogP contribution >= 0.6 is 34.8 Å². The van der Waals surface area contributed by atoms with Crippen LogP contribution in [0.4, 0.5) is 26.3 Å². The van der Waals surface area contributed by atoms with Crippen molar-refractivity contribution in [1.29, 1.82) is 0 Å². The van der Waals surface area contributed by atoms with Crippen LogP contribution in [0, 0.1) is 0 Å². The Morgan fingerprint density at radius 3 is 2.26 bits per heavy atom. The van der Waals surface area contributed by atoms with Crippen LogP contribution in [0.1, 0.15) is 0 Å². The van der Waals surface area contributed by atoms with E-state index >= 15 is 0 Å². The first-order valence-corrected chi connectivity index (χ1v) is 6.78. The van der Waals surface area contributed by atoms with E-state index in [1.54, 1.807) is 0 Å². The molecule has 0 aliphatic rings. The quantitative estimate of drug-likeness (QED) is 0.550. The molecule has 0 N–H and O–H groups in total. The fourth-order valence-corrected chi connectivity index (χ4v) is 1.58. The molecule has 2 nitrogen and oxygen atoms in total. The first kappa shape index (κ1) is 20.1. The van der Waals surface area contributed by atoms with Crippen LogP contribution in [0.25, 0.3) is 0 Å². The molecule has 1 aromatic rings. The van der Waals surface area contributed by atoms with Crippen molar-refractivity contribution in [3.63, 3.8) is 0 Å². The minimum atomic E-state index is -5.79. The average molecular weight is 404 g/mol. The van der Waals surface area contributed by atoms with Crippen molar-refractivity contribution in [1.82, 2.24) is 0 Å². The first-order chi connectivity index (χ1) is 10.4. The van der Waals surface area contributed by atoms with E-state index < -0.39 is 29.2 Å². The maximum absolute atomic E-state index is 13.1. The van der Waals surface area contributed by atoms with Gasteiger partial charge in [-0.2, -0.15) is 22.0 Å². The van der Waals surface area contributed by atoms with Crippen LogP contribution < -0.4 is 9.47 Å². The van der Waals surface area contributed by atoms with Crippen LogP contribution in [0.5, 0.6) is 11.5 Å². The third-order valence-corrected chi connectivity index (χ3v) is 2.82. The second-order valence-electron chi connectivity index (χ2n) is 3.97. The highest BCUT2D eigenvalue weighted by Crippen LogP contribution is 2.39. The topological polar surface area (TPSA) is 18.5 Å². The molecule has 0 saturated heterocycles. The Balaban J connectivity index is 2.84. The summed E-state index contributed by atoms with van der Waals surface area (Å²) in [4.78, 5) is 0. The minimum Gasteiger partial charge on any atom is -0.489 e. The zero-order valence-electron chi connectivity index (χ0n) is 10.8. The first-order valence-electron chi connectivity index (χ1n) is 5.64. The van der Waals surface area contributed by atoms with Crippen LogP contribution in [-0.4, -0.2) is 25.1 Å². The summed E-state index contributed by atoms with van der Waals surface area (Å²) < 4.78 is 83.7. The number of hydrogen-bond acceptors (Lipinski definition) is 2. The van der Waals surface area contributed by atoms with Gasteiger partial charge in [0.15, 0.2) is 0 Å². The smallest absolute Gasteiger partial charge is 0.439 e. The molecule has 1 unspecified atom stereocenters. The number of alkyl halides is 6. The van der Waals surface area contributed by atoms with E-state index in [0.29, 0.717) is 0 Å². The van der Waals surface area contributed by atoms with Gasteiger partial charge in [-0.1, -0.05) is 34.8 Å². The molecule has 1 rings (SSSR count). The second kappa shape index (κ2) is 7.72. The van der Waals surface area contributed by atoms with Crippen molar-refractivity contribution in [2.45, 2.75) is 18.5 Å². The predicted molar refractivity (Wildman–Crippen MR) is 73.3 cm³/mol. The van der Waals surface area contributed by atoms with Gasteiger partial charge in [0.25, 0.3) is 6.17 Å². The molecule has 0 bridgehead atoms. The molecule has 1 atom stereocenters. The number of ether oxygens (including phenoxy) is 2. The summed E-state index contributed by atoms with van der Waals surface area (Å²) in [7, 11) is 0. The van der Waals surface area contributed by atoms with Gasteiger partial charge in [0.05, 0.1) is 5.02 Å². The van der Waals surface area contributed by atoms with Gasteiger partial charge in [-0.25, -0.2) is 4.39 Å². The normalized spacial score (nSPS) is 13.4. The van der Waals surface area contributed by atoms with Crippen LogP contribution in [0.2, 0.25) is 5.02 Å². The molecule has 0 spiro atoms. The molecule has 0 radical (unpaired) electrons. The van der Waals surface area contributed by atoms with Crippen LogP contribution in [-0.2, 0) is 0 Å². The van der Waals surface area contributed by atoms with Crippen molar-refractivity contribution in [2.75, 3.05) is 6.61 Å². The Kier molecular flexibility index (Phi) is 6.73. The average Bonchev–Trinajstić information content (AvgIpc) is 2.39. The maximum atomic E-state index is 13.1. The maximum Gasteiger partial charge on any atom is 0.439 e. The van der Waals surface area contributed by atoms with E-state index in [-0.39, 0.29) is 16.8 Å². The lowest BCUT2D eigenvalue weighted by molar-refractivity contribution is -0.304. The number of benzene rings is 1. The van der Waals surface area contributed by atoms with E-state index in [2.05, 4.69) is 4.74 Å². The standard InChI is InChI=1S/C12H7Cl3F6O2/c13-7-5-6(22-4-3-9(14)15)1-2-8(7)23-12(20,21)10(16)11(17,18)19/h1-3,5,10H,4H2. The van der Waals surface area contributed by atoms with Gasteiger partial charge < -0.3 is 9.47 Å². The van der Waals surface area contributed by atoms with Gasteiger partial charge in [-0.05, 0) is 18.2 Å². The van der Waals surface area contributed by atoms with Gasteiger partial charge >= 0.3 is 12.3 Å². The highest BCUT2D eigenvalue weighted by molar-refractivity contribution is 6.55. The molecule has 1 aromatic carbocycles. The number of halogens is 9. The van der Waals surface area contributed by atoms with Gasteiger partial charge in [-0.3, -0.25) is 0 Å². The Bertz CT molecular complexity index is 572. The molecule has 130 valence electrons. The second-order valence-corrected chi connectivity index (χ2v) is 5.38. The summed E-state index contributed by atoms with van der Waals surface area (Å²) in [5, 5.41) is -0.502. The summed E-state index contributed by atoms with van der Waals surface area (Å²) in [6, 6.07) is 2.87. The lowest BCUT2D eigenvalue weighted by atomic mass is 10.3. The third kappa shape index (κ3) is 6.19. The zero-order valence-corrected chi connectivity index (χ0v) is 13.1. The molecule has 0 fully saturated rings. The van der Waals surface area contributed by atoms with Gasteiger partial charge in [0, 0.05) is 6.07 Å². The highest BCUT2D eigenvalue weighted by atomic mass is 35.5. The molecule has 0 aromatic heterocycles. The SMILES string of the molecule is FC(C(F)(F)F)C(F)(F)Oc1ccc(OCC=C(Cl)Cl)cc1Cl. The zero-order chi connectivity index (χ0) is 17.8. The molecule has 0 aliphatic heterocycles. The molecular formula is C12H7Cl3F6O2. The van der Waals surface area contributed by atoms with E-state index in [4.69, 9.17) is 39.5 Å². The molecule has 23 heavy (non-hydrogen) atoms. The van der Waals surface area contributed by atoms with Crippen molar-refractivity contribution in [2.24, 2.45) is 0 Å². The van der Waals surface area contributed by atoms with Crippen molar-refractivity contribution < 1.29 is 35.8 Å². The minimum absolute atomic E-state index is 0.0724. The van der Waals surface area contributed by atoms with E-state index in [9.17, 15) is 26.3 Å². The van der Waals surface area contributed by atoms with E-state index in [1.165, 1.54) is 6.08 Å². The Labute approximate surface area is 141 Å². The largest absolute Gasteiger partial charge is 0.489 e. The lowest BCUT2D eigenvalue weighted by Crippen LogP contribution is -2.45. The number of rotatable bonds is 6. The van der Waals surface area contributed by atoms with Crippen molar-refractivity contribution in [3.05, 3.63) is 33.8 Å². The molecule has 0 aliphatic carbocycles. The number of hydrogen-bond donors (Lipinski definition) is 0. The Morgan fingerprint density at radius 1 is 1.17 bits per heavy atom. The monoisotopic (exact) mass is 402 g/mol. The Morgan fingerprint density at radius 2 is 1.78 bits per heavy atom. The molecule has 0 amide bonds. The fourth-order valence-electron chi connectivity index (χ4n) is 1.24. The molecule has 0 saturated carbocycles. The lowest BCUT2D eigenvalue weighted by Gasteiger charge is -2.23. The summed E-state index contributed by atoms with van der Waals surface area (Å²) in [5.41, 5.74) is 0. The summed E-state index contributed by atoms with van der Waals surface area (Å²) in [6.45, 7) is -0.0738. The summed E-state index contributed by atoms with van der Waals surface area (Å²) in [5.74, 6) is -0.772. The Hall–Kier alpha value is -0.990. The molecule has 11 heteroatoms. The van der Waals surface area contributed by atoms with Gasteiger partial charge in [0.1, 0.15) is 22.6 Å². The van der Waals surface area contributed by atoms with Crippen LogP contribution in [0.3, 0.4) is 0 Å². The molecular weight excluding hydrogens is 396 g/mol. The molecule has 0 heterocycles. The predicted octanol–water partition coefficient (Wildman–Crippen LogP) is 5.91.